The number of nitrogens with two attached hydrogens (primary N) is 1. The van der Waals surface area contributed by atoms with E-state index in [2.05, 4.69) is 10.6 Å². The number of urea groups is 1. The highest BCUT2D eigenvalue weighted by atomic mass is 19.1. The van der Waals surface area contributed by atoms with Crippen LogP contribution in [-0.2, 0) is 6.54 Å². The van der Waals surface area contributed by atoms with Crippen LogP contribution in [-0.4, -0.2) is 11.9 Å². The maximum Gasteiger partial charge on any atom is 0.312 e. The second-order valence-electron chi connectivity index (χ2n) is 6.16. The topological polar surface area (TPSA) is 84.2 Å². The number of carbonyl (C=O) groups excluding carboxylic acids is 2. The Morgan fingerprint density at radius 2 is 1.64 bits per heavy atom. The van der Waals surface area contributed by atoms with Gasteiger partial charge in [0.25, 0.3) is 5.91 Å². The van der Waals surface area contributed by atoms with Crippen LogP contribution in [0.1, 0.15) is 41.4 Å². The molecule has 132 valence electrons. The molecular weight excluding hydrogens is 321 g/mol. The smallest absolute Gasteiger partial charge is 0.312 e. The second kappa shape index (κ2) is 8.28. The van der Waals surface area contributed by atoms with Crippen molar-refractivity contribution < 1.29 is 14.0 Å². The average Bonchev–Trinajstić information content (AvgIpc) is 2.59. The summed E-state index contributed by atoms with van der Waals surface area (Å²) in [6.07, 6.45) is 0. The molecule has 25 heavy (non-hydrogen) atoms. The molecule has 0 spiro atoms. The molecule has 2 rings (SSSR count). The molecule has 0 aliphatic carbocycles. The fourth-order valence-corrected chi connectivity index (χ4v) is 2.49. The van der Waals surface area contributed by atoms with E-state index in [1.54, 1.807) is 36.4 Å². The van der Waals surface area contributed by atoms with Gasteiger partial charge in [-0.3, -0.25) is 4.79 Å². The molecule has 0 aliphatic heterocycles. The zero-order valence-electron chi connectivity index (χ0n) is 14.3. The van der Waals surface area contributed by atoms with Gasteiger partial charge in [0, 0.05) is 12.1 Å². The van der Waals surface area contributed by atoms with Gasteiger partial charge >= 0.3 is 6.03 Å². The first-order valence-corrected chi connectivity index (χ1v) is 8.05. The SMILES string of the molecule is CC(C)[C@H](NC(=O)c1ccc(CNC(N)=O)cc1)c1ccc(F)cc1. The quantitative estimate of drug-likeness (QED) is 0.753. The average molecular weight is 343 g/mol. The van der Waals surface area contributed by atoms with E-state index in [-0.39, 0.29) is 23.7 Å². The maximum absolute atomic E-state index is 13.1. The van der Waals surface area contributed by atoms with E-state index in [0.29, 0.717) is 12.1 Å². The fraction of sp³-hybridized carbons (Fsp3) is 0.263. The third-order valence-electron chi connectivity index (χ3n) is 3.87. The summed E-state index contributed by atoms with van der Waals surface area (Å²) in [7, 11) is 0. The summed E-state index contributed by atoms with van der Waals surface area (Å²) in [5.74, 6) is -0.372. The molecule has 0 saturated carbocycles. The van der Waals surface area contributed by atoms with Gasteiger partial charge in [0.2, 0.25) is 0 Å². The number of benzene rings is 2. The molecule has 1 atom stereocenters. The van der Waals surface area contributed by atoms with Crippen LogP contribution in [0.5, 0.6) is 0 Å². The van der Waals surface area contributed by atoms with Crippen molar-refractivity contribution in [2.45, 2.75) is 26.4 Å². The van der Waals surface area contributed by atoms with Crippen molar-refractivity contribution in [2.75, 3.05) is 0 Å². The van der Waals surface area contributed by atoms with Gasteiger partial charge in [-0.15, -0.1) is 0 Å². The highest BCUT2D eigenvalue weighted by molar-refractivity contribution is 5.94. The number of amides is 3. The molecule has 0 heterocycles. The number of primary amides is 1. The normalized spacial score (nSPS) is 11.8. The molecule has 0 radical (unpaired) electrons. The van der Waals surface area contributed by atoms with E-state index in [9.17, 15) is 14.0 Å². The highest BCUT2D eigenvalue weighted by Crippen LogP contribution is 2.22. The molecule has 0 aliphatic rings. The number of rotatable bonds is 6. The van der Waals surface area contributed by atoms with E-state index in [0.717, 1.165) is 11.1 Å². The molecule has 6 heteroatoms. The van der Waals surface area contributed by atoms with Gasteiger partial charge in [-0.25, -0.2) is 9.18 Å². The Labute approximate surface area is 146 Å². The number of hydrogen-bond donors (Lipinski definition) is 3. The minimum atomic E-state index is -0.596. The summed E-state index contributed by atoms with van der Waals surface area (Å²) in [6.45, 7) is 4.29. The lowest BCUT2D eigenvalue weighted by Gasteiger charge is -2.23. The zero-order valence-corrected chi connectivity index (χ0v) is 14.3. The van der Waals surface area contributed by atoms with Crippen molar-refractivity contribution in [1.29, 1.82) is 0 Å². The van der Waals surface area contributed by atoms with Crippen LogP contribution in [0.2, 0.25) is 0 Å². The molecule has 0 bridgehead atoms. The Hall–Kier alpha value is -2.89. The standard InChI is InChI=1S/C19H22FN3O2/c1-12(2)17(14-7-9-16(20)10-8-14)23-18(24)15-5-3-13(4-6-15)11-22-19(21)25/h3-10,12,17H,11H2,1-2H3,(H,23,24)(H3,21,22,25)/t17-/m0/s1. The predicted molar refractivity (Wildman–Crippen MR) is 94.3 cm³/mol. The first-order valence-electron chi connectivity index (χ1n) is 8.05. The van der Waals surface area contributed by atoms with E-state index in [1.807, 2.05) is 13.8 Å². The van der Waals surface area contributed by atoms with Crippen LogP contribution in [0.25, 0.3) is 0 Å². The maximum atomic E-state index is 13.1. The van der Waals surface area contributed by atoms with Gasteiger partial charge < -0.3 is 16.4 Å². The van der Waals surface area contributed by atoms with E-state index in [4.69, 9.17) is 5.73 Å². The van der Waals surface area contributed by atoms with Crippen LogP contribution in [0.4, 0.5) is 9.18 Å². The predicted octanol–water partition coefficient (Wildman–Crippen LogP) is 3.12. The molecule has 0 unspecified atom stereocenters. The van der Waals surface area contributed by atoms with Gasteiger partial charge in [-0.1, -0.05) is 38.1 Å². The largest absolute Gasteiger partial charge is 0.352 e. The summed E-state index contributed by atoms with van der Waals surface area (Å²) < 4.78 is 13.1. The molecule has 0 saturated heterocycles. The fourth-order valence-electron chi connectivity index (χ4n) is 2.49. The van der Waals surface area contributed by atoms with Crippen molar-refractivity contribution >= 4 is 11.9 Å². The molecule has 5 nitrogen and oxygen atoms in total. The highest BCUT2D eigenvalue weighted by Gasteiger charge is 2.19. The van der Waals surface area contributed by atoms with Gasteiger partial charge in [0.05, 0.1) is 6.04 Å². The van der Waals surface area contributed by atoms with Crippen LogP contribution in [0, 0.1) is 11.7 Å². The molecule has 3 amide bonds. The van der Waals surface area contributed by atoms with Crippen LogP contribution in [0.15, 0.2) is 48.5 Å². The van der Waals surface area contributed by atoms with Gasteiger partial charge in [0.15, 0.2) is 0 Å². The summed E-state index contributed by atoms with van der Waals surface area (Å²) in [4.78, 5) is 23.2. The Balaban J connectivity index is 2.07. The second-order valence-corrected chi connectivity index (χ2v) is 6.16. The Bertz CT molecular complexity index is 727. The lowest BCUT2D eigenvalue weighted by atomic mass is 9.95. The van der Waals surface area contributed by atoms with Crippen molar-refractivity contribution in [3.63, 3.8) is 0 Å². The summed E-state index contributed by atoms with van der Waals surface area (Å²) >= 11 is 0. The van der Waals surface area contributed by atoms with Crippen molar-refractivity contribution in [2.24, 2.45) is 11.7 Å². The molecule has 4 N–H and O–H groups in total. The van der Waals surface area contributed by atoms with E-state index >= 15 is 0 Å². The van der Waals surface area contributed by atoms with Gasteiger partial charge in [-0.05, 0) is 41.3 Å². The van der Waals surface area contributed by atoms with Crippen molar-refractivity contribution in [3.8, 4) is 0 Å². The molecule has 0 fully saturated rings. The minimum Gasteiger partial charge on any atom is -0.352 e. The van der Waals surface area contributed by atoms with Crippen molar-refractivity contribution in [1.82, 2.24) is 10.6 Å². The lowest BCUT2D eigenvalue weighted by Crippen LogP contribution is -2.31. The summed E-state index contributed by atoms with van der Waals surface area (Å²) in [6, 6.07) is 12.2. The molecule has 2 aromatic carbocycles. The number of nitrogens with one attached hydrogen (secondary N) is 2. The molecular formula is C19H22FN3O2. The minimum absolute atomic E-state index is 0.147. The molecule has 0 aromatic heterocycles. The van der Waals surface area contributed by atoms with E-state index < -0.39 is 6.03 Å². The number of halogens is 1. The Morgan fingerprint density at radius 3 is 2.16 bits per heavy atom. The van der Waals surface area contributed by atoms with Crippen LogP contribution in [0.3, 0.4) is 0 Å². The zero-order chi connectivity index (χ0) is 18.4. The summed E-state index contributed by atoms with van der Waals surface area (Å²) in [5, 5.41) is 5.48. The third kappa shape index (κ3) is 5.31. The van der Waals surface area contributed by atoms with Crippen molar-refractivity contribution in [3.05, 3.63) is 71.0 Å². The number of hydrogen-bond acceptors (Lipinski definition) is 2. The molecule has 2 aromatic rings. The van der Waals surface area contributed by atoms with Gasteiger partial charge in [0.1, 0.15) is 5.82 Å². The number of carbonyl (C=O) groups is 2. The summed E-state index contributed by atoms with van der Waals surface area (Å²) in [5.41, 5.74) is 7.23. The van der Waals surface area contributed by atoms with E-state index in [1.165, 1.54) is 12.1 Å². The first kappa shape index (κ1) is 18.4. The Morgan fingerprint density at radius 1 is 1.04 bits per heavy atom. The van der Waals surface area contributed by atoms with Crippen LogP contribution >= 0.6 is 0 Å². The lowest BCUT2D eigenvalue weighted by molar-refractivity contribution is 0.0925. The Kier molecular flexibility index (Phi) is 6.11. The monoisotopic (exact) mass is 343 g/mol. The first-order chi connectivity index (χ1) is 11.9. The third-order valence-corrected chi connectivity index (χ3v) is 3.87. The van der Waals surface area contributed by atoms with Crippen LogP contribution < -0.4 is 16.4 Å². The van der Waals surface area contributed by atoms with Gasteiger partial charge in [-0.2, -0.15) is 0 Å².